The van der Waals surface area contributed by atoms with E-state index in [4.69, 9.17) is 9.47 Å². The summed E-state index contributed by atoms with van der Waals surface area (Å²) in [6.45, 7) is 4.69. The van der Waals surface area contributed by atoms with Crippen LogP contribution in [-0.2, 0) is 14.3 Å². The second kappa shape index (κ2) is 2.49. The predicted molar refractivity (Wildman–Crippen MR) is 48.7 cm³/mol. The van der Waals surface area contributed by atoms with Crippen LogP contribution in [0.2, 0.25) is 0 Å². The zero-order valence-electron chi connectivity index (χ0n) is 8.34. The average molecular weight is 197 g/mol. The number of fused-ring (bicyclic) bond motifs is 2. The Hall–Kier alpha value is -0.610. The molecule has 2 aliphatic heterocycles. The van der Waals surface area contributed by atoms with Crippen molar-refractivity contribution in [2.75, 3.05) is 26.3 Å². The number of carbonyl (C=O) groups is 1. The maximum atomic E-state index is 11.7. The largest absolute Gasteiger partial charge is 0.465 e. The van der Waals surface area contributed by atoms with Crippen LogP contribution in [0.5, 0.6) is 0 Å². The third-order valence-corrected chi connectivity index (χ3v) is 3.86. The van der Waals surface area contributed by atoms with Crippen molar-refractivity contribution >= 4 is 5.97 Å². The highest BCUT2D eigenvalue weighted by atomic mass is 16.5. The molecule has 0 bridgehead atoms. The van der Waals surface area contributed by atoms with Gasteiger partial charge in [0.1, 0.15) is 0 Å². The van der Waals surface area contributed by atoms with Gasteiger partial charge in [-0.15, -0.1) is 0 Å². The molecule has 1 aliphatic carbocycles. The monoisotopic (exact) mass is 197 g/mol. The SMILES string of the molecule is CCOC(=O)C12COC3(CNC3)C1C2. The summed E-state index contributed by atoms with van der Waals surface area (Å²) in [5.41, 5.74) is -0.287. The predicted octanol–water partition coefficient (Wildman–Crippen LogP) is -0.0720. The molecule has 14 heavy (non-hydrogen) atoms. The van der Waals surface area contributed by atoms with Crippen LogP contribution in [0.25, 0.3) is 0 Å². The van der Waals surface area contributed by atoms with E-state index in [1.54, 1.807) is 0 Å². The molecule has 1 spiro atoms. The summed E-state index contributed by atoms with van der Waals surface area (Å²) in [4.78, 5) is 11.7. The molecule has 3 rings (SSSR count). The van der Waals surface area contributed by atoms with Gasteiger partial charge in [-0.25, -0.2) is 0 Å². The second-order valence-electron chi connectivity index (χ2n) is 4.59. The molecular formula is C10H15NO3. The van der Waals surface area contributed by atoms with Gasteiger partial charge < -0.3 is 14.8 Å². The van der Waals surface area contributed by atoms with Gasteiger partial charge in [-0.1, -0.05) is 0 Å². The fraction of sp³-hybridized carbons (Fsp3) is 0.900. The van der Waals surface area contributed by atoms with Gasteiger partial charge in [-0.05, 0) is 13.3 Å². The topological polar surface area (TPSA) is 47.6 Å². The van der Waals surface area contributed by atoms with Gasteiger partial charge in [0, 0.05) is 19.0 Å². The summed E-state index contributed by atoms with van der Waals surface area (Å²) in [6.07, 6.45) is 0.966. The summed E-state index contributed by atoms with van der Waals surface area (Å²) >= 11 is 0. The molecule has 0 amide bonds. The zero-order valence-corrected chi connectivity index (χ0v) is 8.34. The molecule has 3 aliphatic rings. The summed E-state index contributed by atoms with van der Waals surface area (Å²) in [5.74, 6) is 0.365. The van der Waals surface area contributed by atoms with Crippen LogP contribution < -0.4 is 5.32 Å². The second-order valence-corrected chi connectivity index (χ2v) is 4.59. The lowest BCUT2D eigenvalue weighted by Gasteiger charge is -2.39. The van der Waals surface area contributed by atoms with Crippen molar-refractivity contribution in [1.82, 2.24) is 5.32 Å². The number of hydrogen-bond acceptors (Lipinski definition) is 4. The third kappa shape index (κ3) is 0.834. The standard InChI is InChI=1S/C10H15NO3/c1-2-13-8(12)9-3-7(9)10(14-6-9)4-11-5-10/h7,11H,2-6H2,1H3. The molecule has 78 valence electrons. The number of hydrogen-bond donors (Lipinski definition) is 1. The van der Waals surface area contributed by atoms with Gasteiger partial charge in [0.2, 0.25) is 0 Å². The van der Waals surface area contributed by atoms with Crippen LogP contribution in [0.3, 0.4) is 0 Å². The van der Waals surface area contributed by atoms with Crippen molar-refractivity contribution in [3.8, 4) is 0 Å². The lowest BCUT2D eigenvalue weighted by Crippen LogP contribution is -2.61. The van der Waals surface area contributed by atoms with E-state index in [0.29, 0.717) is 19.1 Å². The summed E-state index contributed by atoms with van der Waals surface area (Å²) in [5, 5.41) is 3.21. The summed E-state index contributed by atoms with van der Waals surface area (Å²) in [7, 11) is 0. The first-order chi connectivity index (χ1) is 6.73. The lowest BCUT2D eigenvalue weighted by atomic mass is 9.89. The highest BCUT2D eigenvalue weighted by Crippen LogP contribution is 2.65. The molecule has 1 N–H and O–H groups in total. The van der Waals surface area contributed by atoms with E-state index in [1.807, 2.05) is 6.92 Å². The van der Waals surface area contributed by atoms with Crippen molar-refractivity contribution in [2.24, 2.45) is 11.3 Å². The molecule has 0 radical (unpaired) electrons. The third-order valence-electron chi connectivity index (χ3n) is 3.86. The average Bonchev–Trinajstić information content (AvgIpc) is 2.74. The fourth-order valence-corrected chi connectivity index (χ4v) is 2.81. The minimum atomic E-state index is -0.266. The summed E-state index contributed by atoms with van der Waals surface area (Å²) < 4.78 is 10.8. The summed E-state index contributed by atoms with van der Waals surface area (Å²) in [6, 6.07) is 0. The van der Waals surface area contributed by atoms with E-state index in [-0.39, 0.29) is 17.0 Å². The first-order valence-electron chi connectivity index (χ1n) is 5.25. The van der Waals surface area contributed by atoms with Crippen molar-refractivity contribution in [3.05, 3.63) is 0 Å². The van der Waals surface area contributed by atoms with E-state index >= 15 is 0 Å². The van der Waals surface area contributed by atoms with E-state index in [2.05, 4.69) is 5.32 Å². The zero-order chi connectivity index (χ0) is 9.81. The number of carbonyl (C=O) groups excluding carboxylic acids is 1. The van der Waals surface area contributed by atoms with Crippen molar-refractivity contribution in [3.63, 3.8) is 0 Å². The maximum Gasteiger partial charge on any atom is 0.314 e. The van der Waals surface area contributed by atoms with Gasteiger partial charge in [0.15, 0.2) is 0 Å². The van der Waals surface area contributed by atoms with Crippen LogP contribution in [0.1, 0.15) is 13.3 Å². The first-order valence-corrected chi connectivity index (χ1v) is 5.25. The molecule has 0 aromatic rings. The van der Waals surface area contributed by atoms with Crippen LogP contribution in [0.4, 0.5) is 0 Å². The van der Waals surface area contributed by atoms with Gasteiger partial charge in [-0.3, -0.25) is 4.79 Å². The normalized spacial score (nSPS) is 41.6. The Bertz CT molecular complexity index is 287. The van der Waals surface area contributed by atoms with Crippen LogP contribution in [-0.4, -0.2) is 37.9 Å². The number of ether oxygens (including phenoxy) is 2. The lowest BCUT2D eigenvalue weighted by molar-refractivity contribution is -0.150. The molecule has 4 heteroatoms. The van der Waals surface area contributed by atoms with Crippen molar-refractivity contribution in [2.45, 2.75) is 18.9 Å². The number of rotatable bonds is 2. The first kappa shape index (κ1) is 8.68. The van der Waals surface area contributed by atoms with E-state index in [0.717, 1.165) is 19.5 Å². The Labute approximate surface area is 82.9 Å². The minimum absolute atomic E-state index is 0.0211. The fourth-order valence-electron chi connectivity index (χ4n) is 2.81. The molecule has 3 fully saturated rings. The van der Waals surface area contributed by atoms with Gasteiger partial charge in [0.25, 0.3) is 0 Å². The smallest absolute Gasteiger partial charge is 0.314 e. The van der Waals surface area contributed by atoms with E-state index < -0.39 is 0 Å². The quantitative estimate of drug-likeness (QED) is 0.629. The van der Waals surface area contributed by atoms with Crippen molar-refractivity contribution < 1.29 is 14.3 Å². The Kier molecular flexibility index (Phi) is 1.55. The molecule has 2 heterocycles. The molecule has 2 saturated heterocycles. The molecule has 2 unspecified atom stereocenters. The van der Waals surface area contributed by atoms with Crippen molar-refractivity contribution in [1.29, 1.82) is 0 Å². The minimum Gasteiger partial charge on any atom is -0.465 e. The number of esters is 1. The van der Waals surface area contributed by atoms with Crippen LogP contribution >= 0.6 is 0 Å². The molecular weight excluding hydrogens is 182 g/mol. The molecule has 0 aromatic carbocycles. The van der Waals surface area contributed by atoms with Gasteiger partial charge >= 0.3 is 5.97 Å². The molecule has 4 nitrogen and oxygen atoms in total. The Morgan fingerprint density at radius 2 is 2.43 bits per heavy atom. The van der Waals surface area contributed by atoms with Gasteiger partial charge in [0.05, 0.1) is 24.2 Å². The molecule has 1 saturated carbocycles. The van der Waals surface area contributed by atoms with E-state index in [9.17, 15) is 4.79 Å². The molecule has 2 atom stereocenters. The Morgan fingerprint density at radius 3 is 2.86 bits per heavy atom. The Morgan fingerprint density at radius 1 is 1.64 bits per heavy atom. The van der Waals surface area contributed by atoms with Crippen LogP contribution in [0, 0.1) is 11.3 Å². The van der Waals surface area contributed by atoms with Gasteiger partial charge in [-0.2, -0.15) is 0 Å². The maximum absolute atomic E-state index is 11.7. The highest BCUT2D eigenvalue weighted by Gasteiger charge is 2.75. The van der Waals surface area contributed by atoms with E-state index in [1.165, 1.54) is 0 Å². The molecule has 0 aromatic heterocycles. The highest BCUT2D eigenvalue weighted by molar-refractivity contribution is 5.82. The Balaban J connectivity index is 1.75. The van der Waals surface area contributed by atoms with Crippen LogP contribution in [0.15, 0.2) is 0 Å². The number of nitrogens with one attached hydrogen (secondary N) is 1.